The summed E-state index contributed by atoms with van der Waals surface area (Å²) >= 11 is 5.90. The van der Waals surface area contributed by atoms with E-state index < -0.39 is 0 Å². The minimum absolute atomic E-state index is 0.218. The maximum absolute atomic E-state index is 6.06. The van der Waals surface area contributed by atoms with Crippen LogP contribution in [0.3, 0.4) is 0 Å². The number of hydrogen-bond acceptors (Lipinski definition) is 2. The maximum atomic E-state index is 6.06. The zero-order valence-corrected chi connectivity index (χ0v) is 8.85. The van der Waals surface area contributed by atoms with Crippen LogP contribution < -0.4 is 5.73 Å². The lowest BCUT2D eigenvalue weighted by molar-refractivity contribution is 0.829. The summed E-state index contributed by atoms with van der Waals surface area (Å²) in [6, 6.07) is 13.0. The first kappa shape index (κ1) is 10.1. The highest BCUT2D eigenvalue weighted by molar-refractivity contribution is 6.30. The molecule has 3 heteroatoms. The largest absolute Gasteiger partial charge is 0.319 e. The van der Waals surface area contributed by atoms with Gasteiger partial charge in [-0.25, -0.2) is 0 Å². The smallest absolute Gasteiger partial charge is 0.0726 e. The summed E-state index contributed by atoms with van der Waals surface area (Å²) in [5.41, 5.74) is 7.88. The zero-order valence-electron chi connectivity index (χ0n) is 8.10. The highest BCUT2D eigenvalue weighted by atomic mass is 35.5. The molecule has 1 aromatic carbocycles. The summed E-state index contributed by atoms with van der Waals surface area (Å²) in [5, 5.41) is 0.693. The quantitative estimate of drug-likeness (QED) is 0.842. The lowest BCUT2D eigenvalue weighted by Gasteiger charge is -2.11. The van der Waals surface area contributed by atoms with Crippen LogP contribution in [0, 0.1) is 0 Å². The molecule has 0 spiro atoms. The number of aromatic nitrogens is 1. The van der Waals surface area contributed by atoms with Crippen LogP contribution in [-0.4, -0.2) is 4.98 Å². The number of rotatable bonds is 2. The van der Waals surface area contributed by atoms with E-state index in [1.54, 1.807) is 6.20 Å². The first-order chi connectivity index (χ1) is 7.27. The summed E-state index contributed by atoms with van der Waals surface area (Å²) in [5.74, 6) is 0. The van der Waals surface area contributed by atoms with E-state index >= 15 is 0 Å². The van der Waals surface area contributed by atoms with Gasteiger partial charge < -0.3 is 5.73 Å². The Balaban J connectivity index is 2.32. The number of halogens is 1. The second-order valence-electron chi connectivity index (χ2n) is 3.29. The highest BCUT2D eigenvalue weighted by Gasteiger charge is 2.09. The SMILES string of the molecule is N[C@@H](c1cccc(Cl)c1)c1ccccn1. The molecule has 0 aliphatic carbocycles. The third kappa shape index (κ3) is 2.35. The van der Waals surface area contributed by atoms with Gasteiger partial charge in [0, 0.05) is 11.2 Å². The number of benzene rings is 1. The van der Waals surface area contributed by atoms with Crippen LogP contribution in [0.1, 0.15) is 17.3 Å². The Bertz CT molecular complexity index is 442. The van der Waals surface area contributed by atoms with Gasteiger partial charge in [-0.2, -0.15) is 0 Å². The second kappa shape index (κ2) is 4.43. The predicted octanol–water partition coefficient (Wildman–Crippen LogP) is 2.78. The molecule has 0 saturated carbocycles. The van der Waals surface area contributed by atoms with Crippen molar-refractivity contribution in [2.24, 2.45) is 5.73 Å². The first-order valence-electron chi connectivity index (χ1n) is 4.69. The van der Waals surface area contributed by atoms with Crippen molar-refractivity contribution < 1.29 is 0 Å². The van der Waals surface area contributed by atoms with Crippen molar-refractivity contribution in [3.05, 3.63) is 64.9 Å². The lowest BCUT2D eigenvalue weighted by Crippen LogP contribution is -2.13. The van der Waals surface area contributed by atoms with Gasteiger partial charge in [-0.05, 0) is 29.8 Å². The Morgan fingerprint density at radius 2 is 2.00 bits per heavy atom. The van der Waals surface area contributed by atoms with E-state index in [9.17, 15) is 0 Å². The van der Waals surface area contributed by atoms with Crippen molar-refractivity contribution in [2.45, 2.75) is 6.04 Å². The number of nitrogens with zero attached hydrogens (tertiary/aromatic N) is 1. The molecule has 0 fully saturated rings. The number of pyridine rings is 1. The number of nitrogens with two attached hydrogens (primary N) is 1. The molecule has 0 unspecified atom stereocenters. The summed E-state index contributed by atoms with van der Waals surface area (Å²) in [7, 11) is 0. The molecule has 1 heterocycles. The van der Waals surface area contributed by atoms with Gasteiger partial charge >= 0.3 is 0 Å². The van der Waals surface area contributed by atoms with Gasteiger partial charge in [0.2, 0.25) is 0 Å². The van der Waals surface area contributed by atoms with Crippen LogP contribution in [0.15, 0.2) is 48.7 Å². The molecule has 0 saturated heterocycles. The van der Waals surface area contributed by atoms with E-state index in [2.05, 4.69) is 4.98 Å². The van der Waals surface area contributed by atoms with Crippen molar-refractivity contribution in [3.8, 4) is 0 Å². The van der Waals surface area contributed by atoms with Gasteiger partial charge in [0.25, 0.3) is 0 Å². The van der Waals surface area contributed by atoms with Crippen LogP contribution in [0.5, 0.6) is 0 Å². The van der Waals surface area contributed by atoms with Crippen molar-refractivity contribution in [1.29, 1.82) is 0 Å². The minimum Gasteiger partial charge on any atom is -0.319 e. The van der Waals surface area contributed by atoms with Crippen LogP contribution in [0.2, 0.25) is 5.02 Å². The summed E-state index contributed by atoms with van der Waals surface area (Å²) in [6.07, 6.45) is 1.74. The fourth-order valence-corrected chi connectivity index (χ4v) is 1.63. The third-order valence-corrected chi connectivity index (χ3v) is 2.45. The Morgan fingerprint density at radius 1 is 1.13 bits per heavy atom. The molecule has 2 nitrogen and oxygen atoms in total. The normalized spacial score (nSPS) is 12.4. The zero-order chi connectivity index (χ0) is 10.7. The molecule has 2 N–H and O–H groups in total. The topological polar surface area (TPSA) is 38.9 Å². The average molecular weight is 219 g/mol. The molecule has 0 aliphatic heterocycles. The standard InChI is InChI=1S/C12H11ClN2/c13-10-5-3-4-9(8-10)12(14)11-6-1-2-7-15-11/h1-8,12H,14H2/t12-/m0/s1. The summed E-state index contributed by atoms with van der Waals surface area (Å²) in [4.78, 5) is 4.22. The molecule has 2 rings (SSSR count). The molecule has 0 bridgehead atoms. The Kier molecular flexibility index (Phi) is 2.99. The molecular weight excluding hydrogens is 208 g/mol. The molecule has 1 atom stereocenters. The Hall–Kier alpha value is -1.38. The molecular formula is C12H11ClN2. The Morgan fingerprint density at radius 3 is 2.67 bits per heavy atom. The second-order valence-corrected chi connectivity index (χ2v) is 3.72. The van der Waals surface area contributed by atoms with Gasteiger partial charge in [-0.1, -0.05) is 29.8 Å². The average Bonchev–Trinajstić information content (AvgIpc) is 2.29. The highest BCUT2D eigenvalue weighted by Crippen LogP contribution is 2.20. The van der Waals surface area contributed by atoms with E-state index in [1.807, 2.05) is 42.5 Å². The van der Waals surface area contributed by atoms with E-state index in [1.165, 1.54) is 0 Å². The Labute approximate surface area is 93.7 Å². The number of hydrogen-bond donors (Lipinski definition) is 1. The molecule has 15 heavy (non-hydrogen) atoms. The van der Waals surface area contributed by atoms with Crippen LogP contribution in [-0.2, 0) is 0 Å². The van der Waals surface area contributed by atoms with E-state index in [0.717, 1.165) is 11.3 Å². The fourth-order valence-electron chi connectivity index (χ4n) is 1.43. The summed E-state index contributed by atoms with van der Waals surface area (Å²) in [6.45, 7) is 0. The van der Waals surface area contributed by atoms with E-state index in [-0.39, 0.29) is 6.04 Å². The van der Waals surface area contributed by atoms with Crippen molar-refractivity contribution in [2.75, 3.05) is 0 Å². The van der Waals surface area contributed by atoms with Gasteiger partial charge in [0.15, 0.2) is 0 Å². The van der Waals surface area contributed by atoms with Crippen LogP contribution in [0.4, 0.5) is 0 Å². The minimum atomic E-state index is -0.218. The third-order valence-electron chi connectivity index (χ3n) is 2.21. The lowest BCUT2D eigenvalue weighted by atomic mass is 10.0. The monoisotopic (exact) mass is 218 g/mol. The fraction of sp³-hybridized carbons (Fsp3) is 0.0833. The molecule has 0 radical (unpaired) electrons. The van der Waals surface area contributed by atoms with Crippen molar-refractivity contribution in [3.63, 3.8) is 0 Å². The van der Waals surface area contributed by atoms with Gasteiger partial charge in [0.1, 0.15) is 0 Å². The van der Waals surface area contributed by atoms with Gasteiger partial charge in [0.05, 0.1) is 11.7 Å². The van der Waals surface area contributed by atoms with Gasteiger partial charge in [-0.3, -0.25) is 4.98 Å². The molecule has 0 aliphatic rings. The maximum Gasteiger partial charge on any atom is 0.0726 e. The molecule has 2 aromatic rings. The molecule has 1 aromatic heterocycles. The molecule has 76 valence electrons. The summed E-state index contributed by atoms with van der Waals surface area (Å²) < 4.78 is 0. The first-order valence-corrected chi connectivity index (χ1v) is 5.07. The van der Waals surface area contributed by atoms with Crippen LogP contribution >= 0.6 is 11.6 Å². The van der Waals surface area contributed by atoms with E-state index in [4.69, 9.17) is 17.3 Å². The molecule has 0 amide bonds. The predicted molar refractivity (Wildman–Crippen MR) is 61.7 cm³/mol. The van der Waals surface area contributed by atoms with Gasteiger partial charge in [-0.15, -0.1) is 0 Å². The van der Waals surface area contributed by atoms with Crippen molar-refractivity contribution >= 4 is 11.6 Å². The van der Waals surface area contributed by atoms with Crippen molar-refractivity contribution in [1.82, 2.24) is 4.98 Å². The van der Waals surface area contributed by atoms with Crippen LogP contribution in [0.25, 0.3) is 0 Å². The van der Waals surface area contributed by atoms with E-state index in [0.29, 0.717) is 5.02 Å².